The third-order valence-electron chi connectivity index (χ3n) is 3.46. The number of nitrogens with zero attached hydrogens (tertiary/aromatic N) is 5. The molecule has 0 saturated heterocycles. The molecule has 0 bridgehead atoms. The molecule has 0 unspecified atom stereocenters. The van der Waals surface area contributed by atoms with Gasteiger partial charge in [-0.2, -0.15) is 19.5 Å². The minimum Gasteiger partial charge on any atom is -0.354 e. The van der Waals surface area contributed by atoms with Crippen molar-refractivity contribution < 1.29 is 4.79 Å². The first-order valence-electron chi connectivity index (χ1n) is 8.61. The minimum absolute atomic E-state index is 0.0518. The highest BCUT2D eigenvalue weighted by Gasteiger charge is 2.15. The largest absolute Gasteiger partial charge is 0.354 e. The van der Waals surface area contributed by atoms with Crippen LogP contribution in [0.5, 0.6) is 0 Å². The van der Waals surface area contributed by atoms with Crippen molar-refractivity contribution in [2.75, 3.05) is 34.8 Å². The van der Waals surface area contributed by atoms with Crippen LogP contribution in [0.4, 0.5) is 17.6 Å². The number of amides is 1. The second-order valence-corrected chi connectivity index (χ2v) is 7.81. The molecular weight excluding hydrogens is 459 g/mol. The van der Waals surface area contributed by atoms with E-state index in [2.05, 4.69) is 36.0 Å². The molecule has 1 amide bonds. The van der Waals surface area contributed by atoms with Crippen LogP contribution in [-0.2, 0) is 4.79 Å². The SMILES string of the molecule is CCNc1nc(NCC)n2nc(SCC(=O)Nc3c(Cl)cc(Cl)cc3Cl)nc2n1. The molecular formula is C16H17Cl3N8OS. The summed E-state index contributed by atoms with van der Waals surface area (Å²) < 4.78 is 1.50. The molecule has 0 spiro atoms. The first kappa shape index (κ1) is 21.7. The summed E-state index contributed by atoms with van der Waals surface area (Å²) in [5.41, 5.74) is 0.307. The van der Waals surface area contributed by atoms with Gasteiger partial charge in [0.1, 0.15) is 0 Å². The van der Waals surface area contributed by atoms with Crippen molar-refractivity contribution in [1.29, 1.82) is 0 Å². The van der Waals surface area contributed by atoms with Crippen molar-refractivity contribution in [3.8, 4) is 0 Å². The third-order valence-corrected chi connectivity index (χ3v) is 5.11. The van der Waals surface area contributed by atoms with Gasteiger partial charge in [0.15, 0.2) is 0 Å². The van der Waals surface area contributed by atoms with Crippen LogP contribution in [-0.4, -0.2) is 49.3 Å². The lowest BCUT2D eigenvalue weighted by atomic mass is 10.3. The van der Waals surface area contributed by atoms with Gasteiger partial charge in [-0.25, -0.2) is 0 Å². The molecule has 0 radical (unpaired) electrons. The van der Waals surface area contributed by atoms with Gasteiger partial charge in [0.25, 0.3) is 5.78 Å². The molecule has 29 heavy (non-hydrogen) atoms. The van der Waals surface area contributed by atoms with Gasteiger partial charge in [0.05, 0.1) is 21.5 Å². The molecule has 0 saturated carbocycles. The molecule has 3 rings (SSSR count). The third kappa shape index (κ3) is 5.33. The molecule has 3 N–H and O–H groups in total. The molecule has 0 aliphatic rings. The summed E-state index contributed by atoms with van der Waals surface area (Å²) >= 11 is 19.2. The molecule has 154 valence electrons. The van der Waals surface area contributed by atoms with E-state index in [1.54, 1.807) is 0 Å². The quantitative estimate of drug-likeness (QED) is 0.418. The predicted octanol–water partition coefficient (Wildman–Crippen LogP) is 4.07. The Morgan fingerprint density at radius 1 is 1.07 bits per heavy atom. The zero-order chi connectivity index (χ0) is 21.0. The average Bonchev–Trinajstić information content (AvgIpc) is 3.07. The van der Waals surface area contributed by atoms with E-state index in [-0.39, 0.29) is 21.7 Å². The smallest absolute Gasteiger partial charge is 0.259 e. The summed E-state index contributed by atoms with van der Waals surface area (Å²) in [5, 5.41) is 14.5. The number of aromatic nitrogens is 5. The minimum atomic E-state index is -0.314. The van der Waals surface area contributed by atoms with E-state index in [1.807, 2.05) is 13.8 Å². The monoisotopic (exact) mass is 474 g/mol. The maximum atomic E-state index is 12.3. The topological polar surface area (TPSA) is 109 Å². The molecule has 0 fully saturated rings. The van der Waals surface area contributed by atoms with Gasteiger partial charge < -0.3 is 16.0 Å². The first-order valence-corrected chi connectivity index (χ1v) is 10.7. The Kier molecular flexibility index (Phi) is 7.23. The number of benzene rings is 1. The molecule has 2 heterocycles. The summed E-state index contributed by atoms with van der Waals surface area (Å²) in [4.78, 5) is 25.4. The zero-order valence-electron chi connectivity index (χ0n) is 15.5. The summed E-state index contributed by atoms with van der Waals surface area (Å²) in [7, 11) is 0. The number of rotatable bonds is 8. The van der Waals surface area contributed by atoms with Crippen molar-refractivity contribution in [2.45, 2.75) is 19.0 Å². The number of carbonyl (C=O) groups excluding carboxylic acids is 1. The van der Waals surface area contributed by atoms with Gasteiger partial charge in [0.2, 0.25) is 23.0 Å². The predicted molar refractivity (Wildman–Crippen MR) is 118 cm³/mol. The van der Waals surface area contributed by atoms with Crippen LogP contribution in [0.1, 0.15) is 13.8 Å². The Labute approximate surface area is 185 Å². The number of anilines is 3. The zero-order valence-corrected chi connectivity index (χ0v) is 18.5. The number of thioether (sulfide) groups is 1. The lowest BCUT2D eigenvalue weighted by Crippen LogP contribution is -2.15. The van der Waals surface area contributed by atoms with Crippen LogP contribution < -0.4 is 16.0 Å². The van der Waals surface area contributed by atoms with Crippen LogP contribution in [0.15, 0.2) is 17.3 Å². The fourth-order valence-electron chi connectivity index (χ4n) is 2.31. The van der Waals surface area contributed by atoms with Gasteiger partial charge in [-0.15, -0.1) is 5.10 Å². The van der Waals surface area contributed by atoms with E-state index in [0.29, 0.717) is 46.6 Å². The van der Waals surface area contributed by atoms with Gasteiger partial charge in [-0.1, -0.05) is 46.6 Å². The fraction of sp³-hybridized carbons (Fsp3) is 0.312. The molecule has 0 atom stereocenters. The van der Waals surface area contributed by atoms with E-state index in [0.717, 1.165) is 11.8 Å². The number of halogens is 3. The highest BCUT2D eigenvalue weighted by Crippen LogP contribution is 2.33. The van der Waals surface area contributed by atoms with Crippen molar-refractivity contribution in [2.24, 2.45) is 0 Å². The van der Waals surface area contributed by atoms with E-state index >= 15 is 0 Å². The Morgan fingerprint density at radius 2 is 1.76 bits per heavy atom. The van der Waals surface area contributed by atoms with E-state index in [1.165, 1.54) is 16.6 Å². The van der Waals surface area contributed by atoms with E-state index in [9.17, 15) is 4.79 Å². The standard InChI is InChI=1S/C16H17Cl3N8OS/c1-3-20-13-23-14(21-4-2)27-15(24-13)25-16(26-27)29-7-11(28)22-12-9(18)5-8(17)6-10(12)19/h5-6H,3-4,7H2,1-2H3,(H,22,28)(H2,20,21,23,24,25,26). The Balaban J connectivity index is 1.73. The van der Waals surface area contributed by atoms with Crippen LogP contribution in [0.25, 0.3) is 5.78 Å². The van der Waals surface area contributed by atoms with Gasteiger partial charge in [-0.3, -0.25) is 4.79 Å². The lowest BCUT2D eigenvalue weighted by molar-refractivity contribution is -0.113. The highest BCUT2D eigenvalue weighted by molar-refractivity contribution is 7.99. The van der Waals surface area contributed by atoms with Crippen LogP contribution in [0.3, 0.4) is 0 Å². The summed E-state index contributed by atoms with van der Waals surface area (Å²) in [6.07, 6.45) is 0. The van der Waals surface area contributed by atoms with Crippen molar-refractivity contribution in [3.05, 3.63) is 27.2 Å². The normalized spacial score (nSPS) is 10.9. The van der Waals surface area contributed by atoms with Crippen LogP contribution in [0.2, 0.25) is 15.1 Å². The highest BCUT2D eigenvalue weighted by atomic mass is 35.5. The fourth-order valence-corrected chi connectivity index (χ4v) is 3.83. The second-order valence-electron chi connectivity index (χ2n) is 5.62. The summed E-state index contributed by atoms with van der Waals surface area (Å²) in [6, 6.07) is 3.01. The van der Waals surface area contributed by atoms with E-state index < -0.39 is 0 Å². The molecule has 9 nitrogen and oxygen atoms in total. The maximum absolute atomic E-state index is 12.3. The van der Waals surface area contributed by atoms with E-state index in [4.69, 9.17) is 34.8 Å². The average molecular weight is 476 g/mol. The number of hydrogen-bond donors (Lipinski definition) is 3. The number of nitrogens with one attached hydrogen (secondary N) is 3. The molecule has 13 heteroatoms. The van der Waals surface area contributed by atoms with Crippen LogP contribution in [0, 0.1) is 0 Å². The van der Waals surface area contributed by atoms with Gasteiger partial charge >= 0.3 is 0 Å². The summed E-state index contributed by atoms with van der Waals surface area (Å²) in [6.45, 7) is 5.23. The number of hydrogen-bond acceptors (Lipinski definition) is 8. The molecule has 1 aromatic carbocycles. The van der Waals surface area contributed by atoms with Gasteiger partial charge in [0, 0.05) is 18.1 Å². The molecule has 2 aromatic heterocycles. The second kappa shape index (κ2) is 9.66. The van der Waals surface area contributed by atoms with Crippen molar-refractivity contribution >= 4 is 75.8 Å². The molecule has 0 aliphatic carbocycles. The maximum Gasteiger partial charge on any atom is 0.259 e. The number of fused-ring (bicyclic) bond motifs is 1. The Hall–Kier alpha value is -2.01. The number of carbonyl (C=O) groups is 1. The first-order chi connectivity index (χ1) is 13.9. The lowest BCUT2D eigenvalue weighted by Gasteiger charge is -2.09. The van der Waals surface area contributed by atoms with Gasteiger partial charge in [-0.05, 0) is 26.0 Å². The van der Waals surface area contributed by atoms with Crippen LogP contribution >= 0.6 is 46.6 Å². The summed E-state index contributed by atoms with van der Waals surface area (Å²) in [5.74, 6) is 1.07. The Morgan fingerprint density at radius 3 is 2.41 bits per heavy atom. The molecule has 3 aromatic rings. The van der Waals surface area contributed by atoms with Crippen molar-refractivity contribution in [3.63, 3.8) is 0 Å². The molecule has 0 aliphatic heterocycles. The van der Waals surface area contributed by atoms with Crippen molar-refractivity contribution in [1.82, 2.24) is 24.6 Å². The Bertz CT molecular complexity index is 1020.